The fourth-order valence-corrected chi connectivity index (χ4v) is 17.0. The van der Waals surface area contributed by atoms with Crippen LogP contribution in [0.3, 0.4) is 0 Å². The Balaban J connectivity index is 0.841. The second-order valence-electron chi connectivity index (χ2n) is 20.8. The van der Waals surface area contributed by atoms with E-state index >= 15 is 0 Å². The molecule has 0 fully saturated rings. The minimum Gasteiger partial charge on any atom is -0.308 e. The standard InChI is InChI=1S/C74H48N2S4/c1-45-41-47(33-37-61(45)75(65-27-15-23-57-53-19-5-13-31-69(53)79-73(57)65)63-25-9-3-17-51(63)49-35-39-71-59(43-49)55-21-7-11-29-67(55)77-71)48-34-38-62(46(2)42-48)76(66-28-16-24-58-54-20-6-14-32-70(54)80-74(58)66)64-26-10-4-18-52(64)50-36-40-72-60(44-50)56-22-8-12-30-68(56)78-72/h3-44H,1-2H3. The van der Waals surface area contributed by atoms with Crippen LogP contribution in [0.15, 0.2) is 255 Å². The molecule has 0 N–H and O–H groups in total. The summed E-state index contributed by atoms with van der Waals surface area (Å²) >= 11 is 7.49. The van der Waals surface area contributed by atoms with Gasteiger partial charge in [0.25, 0.3) is 0 Å². The molecule has 0 saturated heterocycles. The zero-order valence-electron chi connectivity index (χ0n) is 43.8. The van der Waals surface area contributed by atoms with Gasteiger partial charge in [0.2, 0.25) is 0 Å². The van der Waals surface area contributed by atoms with Crippen molar-refractivity contribution < 1.29 is 0 Å². The van der Waals surface area contributed by atoms with E-state index in [1.807, 2.05) is 45.3 Å². The molecule has 0 unspecified atom stereocenters. The van der Waals surface area contributed by atoms with Gasteiger partial charge in [-0.25, -0.2) is 0 Å². The number of para-hydroxylation sites is 2. The zero-order valence-corrected chi connectivity index (χ0v) is 47.0. The average Bonchev–Trinajstić information content (AvgIpc) is 4.33. The van der Waals surface area contributed by atoms with Crippen LogP contribution in [0.4, 0.5) is 34.1 Å². The maximum atomic E-state index is 2.53. The molecule has 6 heteroatoms. The van der Waals surface area contributed by atoms with Gasteiger partial charge in [-0.3, -0.25) is 0 Å². The number of hydrogen-bond donors (Lipinski definition) is 0. The Morgan fingerprint density at radius 3 is 0.975 bits per heavy atom. The highest BCUT2D eigenvalue weighted by Crippen LogP contribution is 2.52. The quantitative estimate of drug-likeness (QED) is 0.142. The van der Waals surface area contributed by atoms with Gasteiger partial charge in [-0.1, -0.05) is 158 Å². The Morgan fingerprint density at radius 2 is 0.550 bits per heavy atom. The number of nitrogens with zero attached hydrogens (tertiary/aromatic N) is 2. The summed E-state index contributed by atoms with van der Waals surface area (Å²) in [4.78, 5) is 5.05. The molecule has 4 heterocycles. The predicted octanol–water partition coefficient (Wildman–Crippen LogP) is 23.7. The van der Waals surface area contributed by atoms with Crippen molar-refractivity contribution in [2.45, 2.75) is 13.8 Å². The Bertz CT molecular complexity index is 4820. The molecule has 0 aliphatic heterocycles. The third-order valence-electron chi connectivity index (χ3n) is 16.1. The first-order chi connectivity index (χ1) is 39.5. The van der Waals surface area contributed by atoms with Crippen LogP contribution in [-0.2, 0) is 0 Å². The van der Waals surface area contributed by atoms with Crippen molar-refractivity contribution in [1.29, 1.82) is 0 Å². The van der Waals surface area contributed by atoms with Crippen molar-refractivity contribution in [3.8, 4) is 33.4 Å². The van der Waals surface area contributed by atoms with E-state index in [0.717, 1.165) is 22.7 Å². The summed E-state index contributed by atoms with van der Waals surface area (Å²) < 4.78 is 10.4. The second kappa shape index (κ2) is 18.9. The van der Waals surface area contributed by atoms with Crippen LogP contribution in [0.25, 0.3) is 114 Å². The Morgan fingerprint density at radius 1 is 0.225 bits per heavy atom. The molecule has 16 aromatic rings. The van der Waals surface area contributed by atoms with Crippen LogP contribution in [-0.4, -0.2) is 0 Å². The molecule has 2 nitrogen and oxygen atoms in total. The van der Waals surface area contributed by atoms with Gasteiger partial charge in [0.1, 0.15) is 0 Å². The molecule has 80 heavy (non-hydrogen) atoms. The lowest BCUT2D eigenvalue weighted by Gasteiger charge is -2.30. The summed E-state index contributed by atoms with van der Waals surface area (Å²) in [6.45, 7) is 4.57. The first-order valence-corrected chi connectivity index (χ1v) is 30.4. The van der Waals surface area contributed by atoms with E-state index in [-0.39, 0.29) is 0 Å². The molecule has 0 aliphatic carbocycles. The second-order valence-corrected chi connectivity index (χ2v) is 25.1. The monoisotopic (exact) mass is 1090 g/mol. The normalized spacial score (nSPS) is 11.9. The number of fused-ring (bicyclic) bond motifs is 12. The Kier molecular flexibility index (Phi) is 11.1. The molecule has 0 radical (unpaired) electrons. The third-order valence-corrected chi connectivity index (χ3v) is 20.8. The zero-order chi connectivity index (χ0) is 53.0. The molecule has 4 aromatic heterocycles. The molecule has 12 aromatic carbocycles. The molecule has 0 aliphatic rings. The highest BCUT2D eigenvalue weighted by atomic mass is 32.1. The maximum Gasteiger partial charge on any atom is 0.0640 e. The number of aryl methyl sites for hydroxylation is 2. The SMILES string of the molecule is Cc1cc(-c2ccc(N(c3ccccc3-c3ccc4sc5ccccc5c4c3)c3cccc4c3sc3ccccc34)c(C)c2)ccc1N(c1ccccc1-c1ccc2sc3ccccc3c2c1)c1cccc2c1sc1ccccc12. The minimum atomic E-state index is 1.14. The highest BCUT2D eigenvalue weighted by Gasteiger charge is 2.26. The summed E-state index contributed by atoms with van der Waals surface area (Å²) in [7, 11) is 0. The summed E-state index contributed by atoms with van der Waals surface area (Å²) in [5.74, 6) is 0. The molecular weight excluding hydrogens is 1050 g/mol. The van der Waals surface area contributed by atoms with Crippen molar-refractivity contribution >= 4 is 160 Å². The van der Waals surface area contributed by atoms with E-state index in [4.69, 9.17) is 0 Å². The Hall–Kier alpha value is -8.88. The van der Waals surface area contributed by atoms with E-state index in [9.17, 15) is 0 Å². The number of benzene rings is 12. The predicted molar refractivity (Wildman–Crippen MR) is 353 cm³/mol. The van der Waals surface area contributed by atoms with Gasteiger partial charge in [-0.05, 0) is 144 Å². The first kappa shape index (κ1) is 47.1. The lowest BCUT2D eigenvalue weighted by atomic mass is 9.96. The van der Waals surface area contributed by atoms with E-state index in [0.29, 0.717) is 0 Å². The fraction of sp³-hybridized carbons (Fsp3) is 0.0270. The van der Waals surface area contributed by atoms with Gasteiger partial charge in [0.15, 0.2) is 0 Å². The number of hydrogen-bond acceptors (Lipinski definition) is 6. The lowest BCUT2D eigenvalue weighted by molar-refractivity contribution is 1.26. The molecule has 0 spiro atoms. The van der Waals surface area contributed by atoms with Crippen LogP contribution < -0.4 is 9.80 Å². The van der Waals surface area contributed by atoms with Crippen LogP contribution in [0.5, 0.6) is 0 Å². The molecule has 0 amide bonds. The van der Waals surface area contributed by atoms with E-state index < -0.39 is 0 Å². The topological polar surface area (TPSA) is 6.48 Å². The summed E-state index contributed by atoms with van der Waals surface area (Å²) in [5, 5.41) is 10.3. The van der Waals surface area contributed by atoms with Crippen molar-refractivity contribution in [3.63, 3.8) is 0 Å². The van der Waals surface area contributed by atoms with Gasteiger partial charge in [-0.15, -0.1) is 45.3 Å². The van der Waals surface area contributed by atoms with Crippen molar-refractivity contribution in [3.05, 3.63) is 266 Å². The number of anilines is 6. The van der Waals surface area contributed by atoms with Crippen LogP contribution in [0.1, 0.15) is 11.1 Å². The van der Waals surface area contributed by atoms with Crippen molar-refractivity contribution in [2.24, 2.45) is 0 Å². The van der Waals surface area contributed by atoms with Gasteiger partial charge in [0, 0.05) is 93.8 Å². The van der Waals surface area contributed by atoms with E-state index in [1.54, 1.807) is 0 Å². The largest absolute Gasteiger partial charge is 0.308 e. The lowest BCUT2D eigenvalue weighted by Crippen LogP contribution is -2.13. The molecule has 0 atom stereocenters. The molecule has 378 valence electrons. The first-order valence-electron chi connectivity index (χ1n) is 27.1. The minimum absolute atomic E-state index is 1.14. The summed E-state index contributed by atoms with van der Waals surface area (Å²) in [6, 6.07) is 95.1. The molecular formula is C74H48N2S4. The van der Waals surface area contributed by atoms with Crippen LogP contribution in [0.2, 0.25) is 0 Å². The van der Waals surface area contributed by atoms with E-state index in [1.165, 1.54) is 137 Å². The fourth-order valence-electron chi connectivity index (χ4n) is 12.4. The molecule has 16 rings (SSSR count). The third kappa shape index (κ3) is 7.62. The smallest absolute Gasteiger partial charge is 0.0640 e. The Labute approximate surface area is 479 Å². The van der Waals surface area contributed by atoms with E-state index in [2.05, 4.69) is 278 Å². The van der Waals surface area contributed by atoms with Gasteiger partial charge < -0.3 is 9.80 Å². The van der Waals surface area contributed by atoms with Gasteiger partial charge >= 0.3 is 0 Å². The van der Waals surface area contributed by atoms with Crippen molar-refractivity contribution in [1.82, 2.24) is 0 Å². The molecule has 0 saturated carbocycles. The van der Waals surface area contributed by atoms with Gasteiger partial charge in [-0.2, -0.15) is 0 Å². The maximum absolute atomic E-state index is 2.53. The number of rotatable bonds is 9. The van der Waals surface area contributed by atoms with Crippen LogP contribution in [0, 0.1) is 13.8 Å². The summed E-state index contributed by atoms with van der Waals surface area (Å²) in [6.07, 6.45) is 0. The molecule has 0 bridgehead atoms. The van der Waals surface area contributed by atoms with Crippen molar-refractivity contribution in [2.75, 3.05) is 9.80 Å². The number of thiophene rings is 4. The van der Waals surface area contributed by atoms with Crippen LogP contribution >= 0.6 is 45.3 Å². The summed E-state index contributed by atoms with van der Waals surface area (Å²) in [5.41, 5.74) is 16.5. The average molecular weight is 1090 g/mol. The highest BCUT2D eigenvalue weighted by molar-refractivity contribution is 7.27. The van der Waals surface area contributed by atoms with Gasteiger partial charge in [0.05, 0.1) is 32.1 Å².